The van der Waals surface area contributed by atoms with Gasteiger partial charge in [-0.15, -0.1) is 22.7 Å². The van der Waals surface area contributed by atoms with Gasteiger partial charge in [-0.05, 0) is 22.9 Å². The lowest BCUT2D eigenvalue weighted by molar-refractivity contribution is -0.224. The summed E-state index contributed by atoms with van der Waals surface area (Å²) in [6.07, 6.45) is 0.953. The van der Waals surface area contributed by atoms with Gasteiger partial charge in [-0.3, -0.25) is 4.74 Å². The Hall–Kier alpha value is -2.69. The first-order chi connectivity index (χ1) is 13.4. The van der Waals surface area contributed by atoms with E-state index in [-0.39, 0.29) is 5.76 Å². The maximum atomic E-state index is 12.9. The van der Waals surface area contributed by atoms with Crippen LogP contribution in [0.5, 0.6) is 0 Å². The summed E-state index contributed by atoms with van der Waals surface area (Å²) in [5.41, 5.74) is -1.99. The Morgan fingerprint density at radius 2 is 1.54 bits per heavy atom. The second-order valence-electron chi connectivity index (χ2n) is 5.47. The molecule has 0 N–H and O–H groups in total. The number of rotatable bonds is 5. The molecular weight excluding hydrogens is 408 g/mol. The van der Waals surface area contributed by atoms with Crippen LogP contribution in [0.3, 0.4) is 0 Å². The first-order valence-electron chi connectivity index (χ1n) is 7.88. The molecule has 1 aliphatic heterocycles. The van der Waals surface area contributed by atoms with Crippen molar-refractivity contribution < 1.29 is 38.1 Å². The second-order valence-corrected chi connectivity index (χ2v) is 7.37. The quantitative estimate of drug-likeness (QED) is 0.410. The smallest absolute Gasteiger partial charge is 0.385 e. The molecule has 0 aliphatic carbocycles. The summed E-state index contributed by atoms with van der Waals surface area (Å²) in [7, 11) is 3.50. The molecule has 0 amide bonds. The largest absolute Gasteiger partial charge is 0.466 e. The van der Waals surface area contributed by atoms with Crippen LogP contribution in [-0.2, 0) is 49.5 Å². The molecule has 2 unspecified atom stereocenters. The zero-order chi connectivity index (χ0) is 20.4. The summed E-state index contributed by atoms with van der Waals surface area (Å²) in [5, 5.41) is 3.42. The van der Waals surface area contributed by atoms with E-state index in [9.17, 15) is 14.4 Å². The van der Waals surface area contributed by atoms with Gasteiger partial charge in [-0.1, -0.05) is 12.1 Å². The monoisotopic (exact) mass is 424 g/mol. The molecule has 0 spiro atoms. The number of methoxy groups -OCH3 is 3. The third-order valence-corrected chi connectivity index (χ3v) is 5.91. The molecular formula is C18H16O8S2. The van der Waals surface area contributed by atoms with Crippen LogP contribution in [0.15, 0.2) is 46.9 Å². The Labute approximate surface area is 168 Å². The van der Waals surface area contributed by atoms with E-state index in [1.54, 1.807) is 35.0 Å². The molecule has 0 radical (unpaired) electrons. The van der Waals surface area contributed by atoms with Crippen molar-refractivity contribution in [1.82, 2.24) is 0 Å². The van der Waals surface area contributed by atoms with Gasteiger partial charge in [0.05, 0.1) is 37.2 Å². The Morgan fingerprint density at radius 3 is 2.04 bits per heavy atom. The number of esters is 3. The zero-order valence-electron chi connectivity index (χ0n) is 15.1. The Kier molecular flexibility index (Phi) is 5.54. The van der Waals surface area contributed by atoms with Crippen LogP contribution >= 0.6 is 22.7 Å². The first kappa shape index (κ1) is 20.1. The fraction of sp³-hybridized carbons (Fsp3) is 0.278. The van der Waals surface area contributed by atoms with Crippen LogP contribution in [0.4, 0.5) is 0 Å². The van der Waals surface area contributed by atoms with Gasteiger partial charge in [-0.25, -0.2) is 14.4 Å². The number of ether oxygens (including phenoxy) is 5. The van der Waals surface area contributed by atoms with Crippen molar-refractivity contribution in [3.05, 3.63) is 56.6 Å². The van der Waals surface area contributed by atoms with Crippen LogP contribution < -0.4 is 0 Å². The van der Waals surface area contributed by atoms with Crippen molar-refractivity contribution in [2.75, 3.05) is 21.3 Å². The summed E-state index contributed by atoms with van der Waals surface area (Å²) in [6, 6.07) is 6.58. The molecule has 1 fully saturated rings. The molecule has 2 aromatic rings. The molecule has 8 nitrogen and oxygen atoms in total. The van der Waals surface area contributed by atoms with Gasteiger partial charge >= 0.3 is 23.7 Å². The van der Waals surface area contributed by atoms with E-state index >= 15 is 0 Å². The molecule has 10 heteroatoms. The molecule has 3 rings (SSSR count). The molecule has 2 atom stereocenters. The minimum atomic E-state index is -2.10. The number of hydrogen-bond acceptors (Lipinski definition) is 10. The maximum Gasteiger partial charge on any atom is 0.385 e. The molecule has 0 bridgehead atoms. The van der Waals surface area contributed by atoms with Crippen molar-refractivity contribution in [1.29, 1.82) is 0 Å². The lowest BCUT2D eigenvalue weighted by Crippen LogP contribution is -2.43. The van der Waals surface area contributed by atoms with Crippen LogP contribution in [0.2, 0.25) is 0 Å². The topological polar surface area (TPSA) is 97.4 Å². The van der Waals surface area contributed by atoms with Crippen LogP contribution in [0, 0.1) is 0 Å². The van der Waals surface area contributed by atoms with E-state index in [1.807, 2.05) is 0 Å². The molecule has 3 heterocycles. The van der Waals surface area contributed by atoms with Crippen LogP contribution in [-0.4, -0.2) is 39.2 Å². The SMILES string of the molecule is COC(=O)/C=C1\OC(C(=O)OC)(c2cccs2)OC1(C(=O)OC)c1cccs1. The normalized spacial score (nSPS) is 25.2. The number of thiophene rings is 2. The standard InChI is InChI=1S/C18H16O8S2/c1-22-14(19)10-11-17(15(20)23-2,12-6-4-8-27-12)26-18(25-11,16(21)24-3)13-7-5-9-28-13/h4-10H,1-3H3/b11-10-. The molecule has 148 valence electrons. The predicted molar refractivity (Wildman–Crippen MR) is 98.3 cm³/mol. The first-order valence-corrected chi connectivity index (χ1v) is 9.64. The lowest BCUT2D eigenvalue weighted by Gasteiger charge is -2.26. The summed E-state index contributed by atoms with van der Waals surface area (Å²) < 4.78 is 26.4. The number of carbonyl (C=O) groups is 3. The number of carbonyl (C=O) groups excluding carboxylic acids is 3. The van der Waals surface area contributed by atoms with E-state index in [1.165, 1.54) is 25.6 Å². The molecule has 1 saturated heterocycles. The molecule has 0 aromatic carbocycles. The summed E-state index contributed by atoms with van der Waals surface area (Å²) in [4.78, 5) is 38.3. The lowest BCUT2D eigenvalue weighted by atomic mass is 9.99. The minimum absolute atomic E-state index is 0.243. The second kappa shape index (κ2) is 7.74. The van der Waals surface area contributed by atoms with E-state index in [0.29, 0.717) is 9.75 Å². The minimum Gasteiger partial charge on any atom is -0.466 e. The average Bonchev–Trinajstić information content (AvgIpc) is 3.46. The average molecular weight is 424 g/mol. The zero-order valence-corrected chi connectivity index (χ0v) is 16.8. The summed E-state index contributed by atoms with van der Waals surface area (Å²) >= 11 is 2.33. The highest BCUT2D eigenvalue weighted by Crippen LogP contribution is 2.53. The molecule has 28 heavy (non-hydrogen) atoms. The molecule has 1 aliphatic rings. The van der Waals surface area contributed by atoms with E-state index in [4.69, 9.17) is 18.9 Å². The highest BCUT2D eigenvalue weighted by molar-refractivity contribution is 7.10. The van der Waals surface area contributed by atoms with Crippen molar-refractivity contribution >= 4 is 40.6 Å². The van der Waals surface area contributed by atoms with Crippen molar-refractivity contribution in [2.45, 2.75) is 11.4 Å². The van der Waals surface area contributed by atoms with Crippen molar-refractivity contribution in [3.63, 3.8) is 0 Å². The Balaban J connectivity index is 2.30. The van der Waals surface area contributed by atoms with Gasteiger partial charge < -0.3 is 18.9 Å². The van der Waals surface area contributed by atoms with Gasteiger partial charge in [0.2, 0.25) is 0 Å². The van der Waals surface area contributed by atoms with E-state index in [0.717, 1.165) is 24.5 Å². The summed E-state index contributed by atoms with van der Waals surface area (Å²) in [5.74, 6) is -4.90. The Bertz CT molecular complexity index is 902. The van der Waals surface area contributed by atoms with E-state index < -0.39 is 29.3 Å². The highest BCUT2D eigenvalue weighted by atomic mass is 32.1. The van der Waals surface area contributed by atoms with Gasteiger partial charge in [0.25, 0.3) is 5.60 Å². The third kappa shape index (κ3) is 2.99. The van der Waals surface area contributed by atoms with Crippen molar-refractivity contribution in [2.24, 2.45) is 0 Å². The summed E-state index contributed by atoms with van der Waals surface area (Å²) in [6.45, 7) is 0. The maximum absolute atomic E-state index is 12.9. The van der Waals surface area contributed by atoms with Crippen LogP contribution in [0.25, 0.3) is 0 Å². The van der Waals surface area contributed by atoms with Gasteiger partial charge in [-0.2, -0.15) is 0 Å². The van der Waals surface area contributed by atoms with Gasteiger partial charge in [0.1, 0.15) is 0 Å². The number of hydrogen-bond donors (Lipinski definition) is 0. The fourth-order valence-electron chi connectivity index (χ4n) is 2.73. The molecule has 2 aromatic heterocycles. The fourth-order valence-corrected chi connectivity index (χ4v) is 4.37. The molecule has 0 saturated carbocycles. The van der Waals surface area contributed by atoms with Gasteiger partial charge in [0.15, 0.2) is 5.76 Å². The third-order valence-electron chi connectivity index (χ3n) is 3.99. The predicted octanol–water partition coefficient (Wildman–Crippen LogP) is 2.31. The van der Waals surface area contributed by atoms with Crippen molar-refractivity contribution in [3.8, 4) is 0 Å². The van der Waals surface area contributed by atoms with E-state index in [2.05, 4.69) is 4.74 Å². The highest BCUT2D eigenvalue weighted by Gasteiger charge is 2.67. The Morgan fingerprint density at radius 1 is 0.929 bits per heavy atom. The van der Waals surface area contributed by atoms with Gasteiger partial charge in [0, 0.05) is 0 Å². The van der Waals surface area contributed by atoms with Crippen LogP contribution in [0.1, 0.15) is 9.75 Å².